The zero-order valence-corrected chi connectivity index (χ0v) is 14.0. The Bertz CT molecular complexity index is 1020. The van der Waals surface area contributed by atoms with Crippen LogP contribution in [0.3, 0.4) is 0 Å². The lowest BCUT2D eigenvalue weighted by atomic mass is 10.1. The predicted octanol–water partition coefficient (Wildman–Crippen LogP) is 3.57. The molecule has 2 N–H and O–H groups in total. The molecule has 0 radical (unpaired) electrons. The van der Waals surface area contributed by atoms with Crippen LogP contribution in [-0.4, -0.2) is 30.5 Å². The van der Waals surface area contributed by atoms with Crippen molar-refractivity contribution in [3.05, 3.63) is 52.8 Å². The number of H-pyrrole nitrogens is 2. The van der Waals surface area contributed by atoms with Crippen LogP contribution >= 0.6 is 0 Å². The summed E-state index contributed by atoms with van der Waals surface area (Å²) in [6.45, 7) is 1.01. The van der Waals surface area contributed by atoms with Gasteiger partial charge in [-0.2, -0.15) is 5.11 Å². The summed E-state index contributed by atoms with van der Waals surface area (Å²) in [5.41, 5.74) is 1.68. The fraction of sp³-hybridized carbons (Fsp3) is 0.167. The van der Waals surface area contributed by atoms with Crippen molar-refractivity contribution in [3.8, 4) is 28.5 Å². The Hall–Kier alpha value is -3.55. The van der Waals surface area contributed by atoms with Gasteiger partial charge in [-0.05, 0) is 30.3 Å². The second-order valence-corrected chi connectivity index (χ2v) is 5.56. The van der Waals surface area contributed by atoms with E-state index in [1.54, 1.807) is 37.4 Å². The van der Waals surface area contributed by atoms with Crippen LogP contribution in [0.2, 0.25) is 0 Å². The summed E-state index contributed by atoms with van der Waals surface area (Å²) in [5, 5.41) is 13.7. The lowest BCUT2D eigenvalue weighted by Gasteiger charge is -2.18. The van der Waals surface area contributed by atoms with Gasteiger partial charge in [0.25, 0.3) is 5.56 Å². The molecule has 1 aliphatic rings. The summed E-state index contributed by atoms with van der Waals surface area (Å²) in [6, 6.07) is 12.6. The van der Waals surface area contributed by atoms with Crippen molar-refractivity contribution in [1.29, 1.82) is 0 Å². The minimum absolute atomic E-state index is 0.185. The zero-order valence-electron chi connectivity index (χ0n) is 14.0. The molecule has 8 nitrogen and oxygen atoms in total. The van der Waals surface area contributed by atoms with Gasteiger partial charge in [0.05, 0.1) is 18.5 Å². The number of fused-ring (bicyclic) bond motifs is 1. The smallest absolute Gasteiger partial charge is 0.292 e. The first-order valence-electron chi connectivity index (χ1n) is 8.01. The molecule has 0 amide bonds. The number of ether oxygens (including phenoxy) is 3. The molecule has 1 aromatic heterocycles. The molecular formula is C18H16N4O4. The van der Waals surface area contributed by atoms with Gasteiger partial charge >= 0.3 is 0 Å². The van der Waals surface area contributed by atoms with E-state index in [1.807, 2.05) is 12.1 Å². The van der Waals surface area contributed by atoms with Crippen molar-refractivity contribution in [1.82, 2.24) is 10.2 Å². The van der Waals surface area contributed by atoms with Crippen LogP contribution in [0, 0.1) is 0 Å². The van der Waals surface area contributed by atoms with E-state index in [2.05, 4.69) is 20.4 Å². The lowest BCUT2D eigenvalue weighted by molar-refractivity contribution is 0.171. The van der Waals surface area contributed by atoms with E-state index in [9.17, 15) is 4.79 Å². The molecule has 3 aromatic rings. The van der Waals surface area contributed by atoms with Crippen LogP contribution in [0.25, 0.3) is 11.3 Å². The van der Waals surface area contributed by atoms with Crippen LogP contribution in [0.4, 0.5) is 11.4 Å². The van der Waals surface area contributed by atoms with Gasteiger partial charge in [0.2, 0.25) is 0 Å². The average molecular weight is 352 g/mol. The van der Waals surface area contributed by atoms with Crippen molar-refractivity contribution in [2.45, 2.75) is 0 Å². The quantitative estimate of drug-likeness (QED) is 0.701. The highest BCUT2D eigenvalue weighted by atomic mass is 16.6. The topological polar surface area (TPSA) is 101 Å². The van der Waals surface area contributed by atoms with Crippen LogP contribution in [0.15, 0.2) is 57.5 Å². The van der Waals surface area contributed by atoms with Gasteiger partial charge in [0.15, 0.2) is 17.2 Å². The second-order valence-electron chi connectivity index (χ2n) is 5.56. The third kappa shape index (κ3) is 3.04. The van der Waals surface area contributed by atoms with E-state index in [1.165, 1.54) is 0 Å². The number of nitrogens with one attached hydrogen (secondary N) is 2. The van der Waals surface area contributed by atoms with Crippen LogP contribution in [0.1, 0.15) is 0 Å². The van der Waals surface area contributed by atoms with E-state index < -0.39 is 0 Å². The van der Waals surface area contributed by atoms with Crippen LogP contribution in [0.5, 0.6) is 17.2 Å². The molecule has 0 unspecified atom stereocenters. The second kappa shape index (κ2) is 6.75. The molecule has 2 heterocycles. The molecular weight excluding hydrogens is 336 g/mol. The Morgan fingerprint density at radius 3 is 2.69 bits per heavy atom. The Labute approximate surface area is 148 Å². The lowest BCUT2D eigenvalue weighted by Crippen LogP contribution is -2.15. The van der Waals surface area contributed by atoms with E-state index >= 15 is 0 Å². The van der Waals surface area contributed by atoms with Gasteiger partial charge in [-0.15, -0.1) is 5.11 Å². The average Bonchev–Trinajstić information content (AvgIpc) is 3.06. The van der Waals surface area contributed by atoms with Gasteiger partial charge < -0.3 is 14.2 Å². The first-order chi connectivity index (χ1) is 12.7. The van der Waals surface area contributed by atoms with Gasteiger partial charge in [0, 0.05) is 11.6 Å². The number of hydrogen-bond acceptors (Lipinski definition) is 6. The largest absolute Gasteiger partial charge is 0.497 e. The molecule has 0 saturated heterocycles. The number of rotatable bonds is 4. The zero-order chi connectivity index (χ0) is 17.9. The highest BCUT2D eigenvalue weighted by Crippen LogP contribution is 2.36. The Morgan fingerprint density at radius 2 is 1.85 bits per heavy atom. The summed E-state index contributed by atoms with van der Waals surface area (Å²) in [6.07, 6.45) is 0. The third-order valence-electron chi connectivity index (χ3n) is 3.90. The minimum Gasteiger partial charge on any atom is -0.497 e. The summed E-state index contributed by atoms with van der Waals surface area (Å²) in [7, 11) is 1.58. The van der Waals surface area contributed by atoms with Crippen molar-refractivity contribution in [2.24, 2.45) is 10.2 Å². The molecule has 0 atom stereocenters. The van der Waals surface area contributed by atoms with Crippen molar-refractivity contribution in [2.75, 3.05) is 20.3 Å². The molecule has 0 spiro atoms. The van der Waals surface area contributed by atoms with Gasteiger partial charge in [-0.3, -0.25) is 15.0 Å². The molecule has 0 fully saturated rings. The summed E-state index contributed by atoms with van der Waals surface area (Å²) in [5.74, 6) is 1.97. The van der Waals surface area contributed by atoms with E-state index in [0.29, 0.717) is 41.8 Å². The fourth-order valence-corrected chi connectivity index (χ4v) is 2.63. The highest BCUT2D eigenvalue weighted by molar-refractivity contribution is 5.73. The molecule has 2 aromatic carbocycles. The summed E-state index contributed by atoms with van der Waals surface area (Å²) >= 11 is 0. The van der Waals surface area contributed by atoms with Crippen LogP contribution < -0.4 is 19.8 Å². The number of aromatic amines is 2. The van der Waals surface area contributed by atoms with E-state index in [4.69, 9.17) is 14.2 Å². The van der Waals surface area contributed by atoms with Crippen molar-refractivity contribution < 1.29 is 14.2 Å². The maximum atomic E-state index is 12.1. The molecule has 8 heteroatoms. The maximum Gasteiger partial charge on any atom is 0.292 e. The standard InChI is InChI=1S/C18H16N4O4/c1-24-13-4-2-3-12(10-13)19-21-17-16(20-22-18(17)23)11-5-6-14-15(9-11)26-8-7-25-14/h2-6,9-10H,7-8H2,1H3,(H2,20,22,23). The number of nitrogens with zero attached hydrogens (tertiary/aromatic N) is 2. The first-order valence-corrected chi connectivity index (χ1v) is 8.01. The van der Waals surface area contributed by atoms with Gasteiger partial charge in [0.1, 0.15) is 19.0 Å². The summed E-state index contributed by atoms with van der Waals surface area (Å²) < 4.78 is 16.3. The Kier molecular flexibility index (Phi) is 4.14. The van der Waals surface area contributed by atoms with E-state index in [-0.39, 0.29) is 11.2 Å². The summed E-state index contributed by atoms with van der Waals surface area (Å²) in [4.78, 5) is 12.1. The SMILES string of the molecule is COc1cccc(N=Nc2c(-c3ccc4c(c3)OCCO4)[nH][nH]c2=O)c1. The van der Waals surface area contributed by atoms with E-state index in [0.717, 1.165) is 5.56 Å². The Morgan fingerprint density at radius 1 is 1.00 bits per heavy atom. The van der Waals surface area contributed by atoms with Crippen molar-refractivity contribution in [3.63, 3.8) is 0 Å². The molecule has 0 aliphatic carbocycles. The molecule has 0 bridgehead atoms. The first kappa shape index (κ1) is 15.9. The molecule has 1 aliphatic heterocycles. The van der Waals surface area contributed by atoms with Crippen molar-refractivity contribution >= 4 is 11.4 Å². The normalized spacial score (nSPS) is 13.1. The fourth-order valence-electron chi connectivity index (χ4n) is 2.63. The molecule has 0 saturated carbocycles. The number of methoxy groups -OCH3 is 1. The van der Waals surface area contributed by atoms with Crippen LogP contribution in [-0.2, 0) is 0 Å². The molecule has 132 valence electrons. The third-order valence-corrected chi connectivity index (χ3v) is 3.90. The molecule has 4 rings (SSSR count). The minimum atomic E-state index is -0.360. The predicted molar refractivity (Wildman–Crippen MR) is 95.0 cm³/mol. The number of aromatic nitrogens is 2. The monoisotopic (exact) mass is 352 g/mol. The molecule has 26 heavy (non-hydrogen) atoms. The highest BCUT2D eigenvalue weighted by Gasteiger charge is 2.16. The number of hydrogen-bond donors (Lipinski definition) is 2. The van der Waals surface area contributed by atoms with Gasteiger partial charge in [-0.1, -0.05) is 6.07 Å². The van der Waals surface area contributed by atoms with Gasteiger partial charge in [-0.25, -0.2) is 0 Å². The number of benzene rings is 2. The number of azo groups is 1. The maximum absolute atomic E-state index is 12.1. The Balaban J connectivity index is 1.69.